The second-order valence-corrected chi connectivity index (χ2v) is 10.6. The number of ether oxygens (including phenoxy) is 1. The van der Waals surface area contributed by atoms with E-state index >= 15 is 0 Å². The lowest BCUT2D eigenvalue weighted by atomic mass is 9.83. The SMILES string of the molecule is CC(C)(C)OC(=O)N1CCC(C)(N2CCC(Cc3cccc(Br)c3)CC2)CC1. The van der Waals surface area contributed by atoms with Gasteiger partial charge in [-0.05, 0) is 96.5 Å². The molecule has 2 aliphatic heterocycles. The van der Waals surface area contributed by atoms with E-state index in [0.717, 1.165) is 31.8 Å². The van der Waals surface area contributed by atoms with Gasteiger partial charge in [-0.2, -0.15) is 0 Å². The number of carbonyl (C=O) groups is 1. The minimum atomic E-state index is -0.423. The Balaban J connectivity index is 1.47. The van der Waals surface area contributed by atoms with E-state index in [1.807, 2.05) is 25.7 Å². The van der Waals surface area contributed by atoms with Gasteiger partial charge in [-0.25, -0.2) is 4.79 Å². The van der Waals surface area contributed by atoms with Crippen LogP contribution in [0.3, 0.4) is 0 Å². The molecule has 4 nitrogen and oxygen atoms in total. The van der Waals surface area contributed by atoms with E-state index in [-0.39, 0.29) is 11.6 Å². The van der Waals surface area contributed by atoms with Crippen LogP contribution in [-0.2, 0) is 11.2 Å². The van der Waals surface area contributed by atoms with Gasteiger partial charge in [0.25, 0.3) is 0 Å². The number of hydrogen-bond acceptors (Lipinski definition) is 3. The molecular formula is C23H35BrN2O2. The van der Waals surface area contributed by atoms with Gasteiger partial charge >= 0.3 is 6.09 Å². The van der Waals surface area contributed by atoms with Gasteiger partial charge < -0.3 is 9.64 Å². The summed E-state index contributed by atoms with van der Waals surface area (Å²) < 4.78 is 6.71. The first-order valence-corrected chi connectivity index (χ1v) is 11.4. The van der Waals surface area contributed by atoms with Crippen LogP contribution in [-0.4, -0.2) is 53.2 Å². The monoisotopic (exact) mass is 450 g/mol. The number of benzene rings is 1. The smallest absolute Gasteiger partial charge is 0.410 e. The summed E-state index contributed by atoms with van der Waals surface area (Å²) in [7, 11) is 0. The molecule has 2 aliphatic rings. The number of rotatable bonds is 3. The molecule has 0 atom stereocenters. The minimum Gasteiger partial charge on any atom is -0.444 e. The second kappa shape index (κ2) is 8.74. The first kappa shape index (κ1) is 21.6. The van der Waals surface area contributed by atoms with E-state index in [4.69, 9.17) is 4.74 Å². The maximum Gasteiger partial charge on any atom is 0.410 e. The maximum absolute atomic E-state index is 12.3. The zero-order valence-electron chi connectivity index (χ0n) is 17.8. The van der Waals surface area contributed by atoms with E-state index < -0.39 is 5.60 Å². The molecule has 1 amide bonds. The lowest BCUT2D eigenvalue weighted by Crippen LogP contribution is -2.56. The van der Waals surface area contributed by atoms with Crippen LogP contribution in [0, 0.1) is 5.92 Å². The fourth-order valence-electron chi connectivity index (χ4n) is 4.49. The van der Waals surface area contributed by atoms with Gasteiger partial charge in [0.2, 0.25) is 0 Å². The third-order valence-corrected chi connectivity index (χ3v) is 6.78. The Hall–Kier alpha value is -1.07. The first-order valence-electron chi connectivity index (χ1n) is 10.6. The highest BCUT2D eigenvalue weighted by molar-refractivity contribution is 9.10. The standard InChI is InChI=1S/C23H35BrN2O2/c1-22(2,3)28-21(27)25-14-10-23(4,11-15-25)26-12-8-18(9-13-26)16-19-6-5-7-20(24)17-19/h5-7,17-18H,8-16H2,1-4H3. The summed E-state index contributed by atoms with van der Waals surface area (Å²) >= 11 is 3.58. The highest BCUT2D eigenvalue weighted by atomic mass is 79.9. The molecular weight excluding hydrogens is 416 g/mol. The van der Waals surface area contributed by atoms with Crippen molar-refractivity contribution in [1.82, 2.24) is 9.80 Å². The quantitative estimate of drug-likeness (QED) is 0.609. The Kier molecular flexibility index (Phi) is 6.76. The van der Waals surface area contributed by atoms with E-state index in [2.05, 4.69) is 52.0 Å². The summed E-state index contributed by atoms with van der Waals surface area (Å²) in [5.41, 5.74) is 1.22. The third-order valence-electron chi connectivity index (χ3n) is 6.28. The molecule has 0 radical (unpaired) electrons. The number of hydrogen-bond donors (Lipinski definition) is 0. The highest BCUT2D eigenvalue weighted by Crippen LogP contribution is 2.34. The number of amides is 1. The molecule has 3 rings (SSSR count). The van der Waals surface area contributed by atoms with Crippen molar-refractivity contribution in [2.24, 2.45) is 5.92 Å². The summed E-state index contributed by atoms with van der Waals surface area (Å²) in [6, 6.07) is 8.72. The molecule has 0 aromatic heterocycles. The summed E-state index contributed by atoms with van der Waals surface area (Å²) in [6.45, 7) is 12.1. The van der Waals surface area contributed by atoms with Gasteiger partial charge in [-0.1, -0.05) is 28.1 Å². The Morgan fingerprint density at radius 3 is 2.39 bits per heavy atom. The molecule has 1 aromatic carbocycles. The summed E-state index contributed by atoms with van der Waals surface area (Å²) in [5.74, 6) is 0.774. The summed E-state index contributed by atoms with van der Waals surface area (Å²) in [6.07, 6.45) is 5.60. The zero-order chi connectivity index (χ0) is 20.4. The van der Waals surface area contributed by atoms with Crippen molar-refractivity contribution in [2.75, 3.05) is 26.2 Å². The molecule has 28 heavy (non-hydrogen) atoms. The van der Waals surface area contributed by atoms with Crippen molar-refractivity contribution < 1.29 is 9.53 Å². The Morgan fingerprint density at radius 1 is 1.18 bits per heavy atom. The fraction of sp³-hybridized carbons (Fsp3) is 0.696. The van der Waals surface area contributed by atoms with Gasteiger partial charge in [-0.15, -0.1) is 0 Å². The van der Waals surface area contributed by atoms with Gasteiger partial charge in [0.15, 0.2) is 0 Å². The van der Waals surface area contributed by atoms with Crippen molar-refractivity contribution in [3.05, 3.63) is 34.3 Å². The molecule has 2 fully saturated rings. The van der Waals surface area contributed by atoms with Crippen LogP contribution in [0.2, 0.25) is 0 Å². The Bertz CT molecular complexity index is 669. The Morgan fingerprint density at radius 2 is 1.82 bits per heavy atom. The fourth-order valence-corrected chi connectivity index (χ4v) is 4.93. The lowest BCUT2D eigenvalue weighted by molar-refractivity contribution is -0.0105. The van der Waals surface area contributed by atoms with E-state index in [1.54, 1.807) is 0 Å². The predicted molar refractivity (Wildman–Crippen MR) is 118 cm³/mol. The first-order chi connectivity index (χ1) is 13.1. The van der Waals surface area contributed by atoms with Crippen molar-refractivity contribution >= 4 is 22.0 Å². The Labute approximate surface area is 178 Å². The third kappa shape index (κ3) is 5.73. The number of carbonyl (C=O) groups excluding carboxylic acids is 1. The molecule has 2 heterocycles. The van der Waals surface area contributed by atoms with Crippen LogP contribution in [0.15, 0.2) is 28.7 Å². The van der Waals surface area contributed by atoms with Gasteiger partial charge in [0.05, 0.1) is 0 Å². The number of likely N-dealkylation sites (tertiary alicyclic amines) is 2. The van der Waals surface area contributed by atoms with E-state index in [0.29, 0.717) is 0 Å². The number of nitrogens with zero attached hydrogens (tertiary/aromatic N) is 2. The molecule has 0 unspecified atom stereocenters. The molecule has 1 aromatic rings. The second-order valence-electron chi connectivity index (χ2n) is 9.73. The molecule has 2 saturated heterocycles. The molecule has 0 aliphatic carbocycles. The van der Waals surface area contributed by atoms with Crippen LogP contribution in [0.25, 0.3) is 0 Å². The average Bonchev–Trinajstić information content (AvgIpc) is 2.61. The molecule has 0 spiro atoms. The van der Waals surface area contributed by atoms with Crippen molar-refractivity contribution in [3.63, 3.8) is 0 Å². The predicted octanol–water partition coefficient (Wildman–Crippen LogP) is 5.49. The molecule has 0 bridgehead atoms. The molecule has 156 valence electrons. The number of piperidine rings is 2. The summed E-state index contributed by atoms with van der Waals surface area (Å²) in [5, 5.41) is 0. The molecule has 0 N–H and O–H groups in total. The van der Waals surface area contributed by atoms with Crippen LogP contribution < -0.4 is 0 Å². The summed E-state index contributed by atoms with van der Waals surface area (Å²) in [4.78, 5) is 16.9. The number of halogens is 1. The molecule has 0 saturated carbocycles. The lowest BCUT2D eigenvalue weighted by Gasteiger charge is -2.49. The minimum absolute atomic E-state index is 0.165. The van der Waals surface area contributed by atoms with Crippen molar-refractivity contribution in [2.45, 2.75) is 70.9 Å². The van der Waals surface area contributed by atoms with Crippen molar-refractivity contribution in [3.8, 4) is 0 Å². The van der Waals surface area contributed by atoms with Crippen LogP contribution >= 0.6 is 15.9 Å². The van der Waals surface area contributed by atoms with Crippen LogP contribution in [0.5, 0.6) is 0 Å². The van der Waals surface area contributed by atoms with Gasteiger partial charge in [0.1, 0.15) is 5.60 Å². The van der Waals surface area contributed by atoms with Crippen LogP contribution in [0.1, 0.15) is 58.9 Å². The topological polar surface area (TPSA) is 32.8 Å². The van der Waals surface area contributed by atoms with E-state index in [1.165, 1.54) is 42.4 Å². The zero-order valence-corrected chi connectivity index (χ0v) is 19.4. The van der Waals surface area contributed by atoms with Crippen molar-refractivity contribution in [1.29, 1.82) is 0 Å². The average molecular weight is 451 g/mol. The van der Waals surface area contributed by atoms with Crippen LogP contribution in [0.4, 0.5) is 4.79 Å². The largest absolute Gasteiger partial charge is 0.444 e. The molecule has 5 heteroatoms. The van der Waals surface area contributed by atoms with Gasteiger partial charge in [0, 0.05) is 23.1 Å². The van der Waals surface area contributed by atoms with Gasteiger partial charge in [-0.3, -0.25) is 4.90 Å². The van der Waals surface area contributed by atoms with E-state index in [9.17, 15) is 4.79 Å². The normalized spacial score (nSPS) is 21.5. The highest BCUT2D eigenvalue weighted by Gasteiger charge is 2.39. The maximum atomic E-state index is 12.3.